The van der Waals surface area contributed by atoms with E-state index >= 15 is 0 Å². The number of ether oxygens (including phenoxy) is 3. The number of fused-ring (bicyclic) bond motifs is 1. The standard InChI is InChI=1S/C15H16Cl2N4O5S/c1-6(22)24-10-8(4-27-3)26-14(11(10)25-7(2)23)21-5-18-9-12(16)19-15(17)20-13(9)21/h5,8,10-11,14H,4H2,1-3H3/t8-,10-,11-,14?/m1/s1. The van der Waals surface area contributed by atoms with Crippen molar-refractivity contribution in [3.05, 3.63) is 16.8 Å². The van der Waals surface area contributed by atoms with Gasteiger partial charge in [-0.15, -0.1) is 0 Å². The summed E-state index contributed by atoms with van der Waals surface area (Å²) < 4.78 is 18.4. The van der Waals surface area contributed by atoms with E-state index in [1.165, 1.54) is 31.9 Å². The summed E-state index contributed by atoms with van der Waals surface area (Å²) in [5, 5.41) is 0.0245. The lowest BCUT2D eigenvalue weighted by Crippen LogP contribution is -2.39. The van der Waals surface area contributed by atoms with E-state index in [1.807, 2.05) is 6.26 Å². The van der Waals surface area contributed by atoms with Crippen molar-refractivity contribution in [1.82, 2.24) is 19.5 Å². The van der Waals surface area contributed by atoms with Crippen LogP contribution in [0.4, 0.5) is 0 Å². The largest absolute Gasteiger partial charge is 0.456 e. The van der Waals surface area contributed by atoms with Crippen molar-refractivity contribution < 1.29 is 23.8 Å². The molecule has 3 rings (SSSR count). The van der Waals surface area contributed by atoms with Gasteiger partial charge in [0.05, 0.1) is 6.33 Å². The Labute approximate surface area is 168 Å². The van der Waals surface area contributed by atoms with Gasteiger partial charge in [-0.1, -0.05) is 11.6 Å². The molecule has 9 nitrogen and oxygen atoms in total. The van der Waals surface area contributed by atoms with E-state index in [-0.39, 0.29) is 10.4 Å². The number of thioether (sulfide) groups is 1. The summed E-state index contributed by atoms with van der Waals surface area (Å²) in [4.78, 5) is 35.4. The first-order valence-electron chi connectivity index (χ1n) is 7.86. The lowest BCUT2D eigenvalue weighted by Gasteiger charge is -2.23. The van der Waals surface area contributed by atoms with Gasteiger partial charge in [0.2, 0.25) is 5.28 Å². The summed E-state index contributed by atoms with van der Waals surface area (Å²) in [6.07, 6.45) is 0.324. The van der Waals surface area contributed by atoms with Crippen LogP contribution in [0.3, 0.4) is 0 Å². The summed E-state index contributed by atoms with van der Waals surface area (Å²) in [5.74, 6) is -0.517. The first-order chi connectivity index (χ1) is 12.8. The Kier molecular flexibility index (Phi) is 6.09. The minimum Gasteiger partial charge on any atom is -0.456 e. The zero-order valence-corrected chi connectivity index (χ0v) is 16.9. The van der Waals surface area contributed by atoms with E-state index in [4.69, 9.17) is 37.4 Å². The number of halogens is 2. The third-order valence-corrected chi connectivity index (χ3v) is 4.94. The quantitative estimate of drug-likeness (QED) is 0.397. The third kappa shape index (κ3) is 4.13. The monoisotopic (exact) mass is 434 g/mol. The minimum absolute atomic E-state index is 0.0616. The van der Waals surface area contributed by atoms with E-state index < -0.39 is 36.5 Å². The Morgan fingerprint density at radius 3 is 2.52 bits per heavy atom. The summed E-state index contributed by atoms with van der Waals surface area (Å²) in [7, 11) is 0. The Morgan fingerprint density at radius 1 is 1.22 bits per heavy atom. The highest BCUT2D eigenvalue weighted by Gasteiger charge is 2.50. The highest BCUT2D eigenvalue weighted by molar-refractivity contribution is 7.98. The molecule has 0 N–H and O–H groups in total. The molecule has 0 aliphatic carbocycles. The second-order valence-electron chi connectivity index (χ2n) is 5.78. The number of nitrogens with zero attached hydrogens (tertiary/aromatic N) is 4. The second kappa shape index (κ2) is 8.17. The predicted octanol–water partition coefficient (Wildman–Crippen LogP) is 2.26. The molecule has 0 bridgehead atoms. The molecule has 0 amide bonds. The summed E-state index contributed by atoms with van der Waals surface area (Å²) >= 11 is 13.5. The zero-order valence-electron chi connectivity index (χ0n) is 14.6. The summed E-state index contributed by atoms with van der Waals surface area (Å²) in [5.41, 5.74) is 0.636. The van der Waals surface area contributed by atoms with E-state index in [0.29, 0.717) is 16.9 Å². The van der Waals surface area contributed by atoms with Crippen LogP contribution < -0.4 is 0 Å². The molecule has 1 saturated heterocycles. The fourth-order valence-corrected chi connectivity index (χ4v) is 3.94. The molecule has 0 saturated carbocycles. The van der Waals surface area contributed by atoms with Crippen molar-refractivity contribution in [2.45, 2.75) is 38.4 Å². The molecule has 146 valence electrons. The van der Waals surface area contributed by atoms with E-state index in [9.17, 15) is 9.59 Å². The number of esters is 2. The van der Waals surface area contributed by atoms with Crippen molar-refractivity contribution in [2.24, 2.45) is 0 Å². The minimum atomic E-state index is -0.895. The molecular formula is C15H16Cl2N4O5S. The zero-order chi connectivity index (χ0) is 19.7. The van der Waals surface area contributed by atoms with Crippen LogP contribution in [-0.2, 0) is 23.8 Å². The number of aromatic nitrogens is 4. The maximum absolute atomic E-state index is 11.7. The molecule has 3 heterocycles. The van der Waals surface area contributed by atoms with Crippen LogP contribution in [0, 0.1) is 0 Å². The van der Waals surface area contributed by atoms with Gasteiger partial charge in [-0.05, 0) is 17.9 Å². The Bertz CT molecular complexity index is 879. The van der Waals surface area contributed by atoms with Crippen molar-refractivity contribution >= 4 is 58.1 Å². The molecule has 2 aromatic rings. The van der Waals surface area contributed by atoms with Gasteiger partial charge in [0.1, 0.15) is 11.6 Å². The SMILES string of the molecule is CSC[C@H]1OC(n2cnc3c(Cl)nc(Cl)nc32)[C@H](OC(C)=O)[C@@H]1OC(C)=O. The fourth-order valence-electron chi connectivity index (χ4n) is 2.92. The van der Waals surface area contributed by atoms with Crippen LogP contribution in [0.2, 0.25) is 10.4 Å². The van der Waals surface area contributed by atoms with Gasteiger partial charge >= 0.3 is 11.9 Å². The average molecular weight is 435 g/mol. The number of hydrogen-bond acceptors (Lipinski definition) is 9. The molecule has 1 unspecified atom stereocenters. The van der Waals surface area contributed by atoms with Gasteiger partial charge < -0.3 is 14.2 Å². The molecule has 27 heavy (non-hydrogen) atoms. The van der Waals surface area contributed by atoms with Crippen LogP contribution >= 0.6 is 35.0 Å². The number of carbonyl (C=O) groups excluding carboxylic acids is 2. The maximum Gasteiger partial charge on any atom is 0.303 e. The lowest BCUT2D eigenvalue weighted by atomic mass is 10.1. The normalized spacial score (nSPS) is 24.9. The molecule has 1 aliphatic heterocycles. The number of imidazole rings is 1. The average Bonchev–Trinajstić information content (AvgIpc) is 3.10. The highest BCUT2D eigenvalue weighted by Crippen LogP contribution is 2.37. The molecule has 12 heteroatoms. The lowest BCUT2D eigenvalue weighted by molar-refractivity contribution is -0.165. The number of carbonyl (C=O) groups is 2. The van der Waals surface area contributed by atoms with Crippen molar-refractivity contribution in [2.75, 3.05) is 12.0 Å². The summed E-state index contributed by atoms with van der Waals surface area (Å²) in [6, 6.07) is 0. The molecule has 2 aromatic heterocycles. The van der Waals surface area contributed by atoms with Crippen molar-refractivity contribution in [1.29, 1.82) is 0 Å². The second-order valence-corrected chi connectivity index (χ2v) is 7.38. The first-order valence-corrected chi connectivity index (χ1v) is 10.0. The van der Waals surface area contributed by atoms with Gasteiger partial charge in [-0.25, -0.2) is 9.97 Å². The van der Waals surface area contributed by atoms with Crippen LogP contribution in [0.25, 0.3) is 11.2 Å². The van der Waals surface area contributed by atoms with Crippen molar-refractivity contribution in [3.63, 3.8) is 0 Å². The van der Waals surface area contributed by atoms with Gasteiger partial charge in [0.25, 0.3) is 0 Å². The van der Waals surface area contributed by atoms with Gasteiger partial charge in [0, 0.05) is 19.6 Å². The van der Waals surface area contributed by atoms with Gasteiger partial charge in [0.15, 0.2) is 29.2 Å². The molecule has 0 aromatic carbocycles. The Balaban J connectivity index is 2.06. The highest BCUT2D eigenvalue weighted by atomic mass is 35.5. The smallest absolute Gasteiger partial charge is 0.303 e. The topological polar surface area (TPSA) is 105 Å². The van der Waals surface area contributed by atoms with Crippen LogP contribution in [0.15, 0.2) is 6.33 Å². The predicted molar refractivity (Wildman–Crippen MR) is 98.7 cm³/mol. The molecular weight excluding hydrogens is 419 g/mol. The van der Waals surface area contributed by atoms with E-state index in [2.05, 4.69) is 15.0 Å². The van der Waals surface area contributed by atoms with E-state index in [0.717, 1.165) is 0 Å². The maximum atomic E-state index is 11.7. The van der Waals surface area contributed by atoms with Crippen molar-refractivity contribution in [3.8, 4) is 0 Å². The number of rotatable bonds is 5. The van der Waals surface area contributed by atoms with Crippen LogP contribution in [0.5, 0.6) is 0 Å². The third-order valence-electron chi connectivity index (χ3n) is 3.85. The Hall–Kier alpha value is -1.62. The van der Waals surface area contributed by atoms with Crippen LogP contribution in [0.1, 0.15) is 20.1 Å². The van der Waals surface area contributed by atoms with Gasteiger partial charge in [-0.2, -0.15) is 16.7 Å². The molecule has 0 spiro atoms. The Morgan fingerprint density at radius 2 is 1.89 bits per heavy atom. The number of hydrogen-bond donors (Lipinski definition) is 0. The van der Waals surface area contributed by atoms with E-state index in [1.54, 1.807) is 4.57 Å². The molecule has 1 fully saturated rings. The van der Waals surface area contributed by atoms with Gasteiger partial charge in [-0.3, -0.25) is 14.2 Å². The molecule has 1 aliphatic rings. The molecule has 0 radical (unpaired) electrons. The first kappa shape index (κ1) is 20.1. The summed E-state index contributed by atoms with van der Waals surface area (Å²) in [6.45, 7) is 2.55. The molecule has 4 atom stereocenters. The van der Waals surface area contributed by atoms with Crippen LogP contribution in [-0.4, -0.2) is 61.8 Å². The fraction of sp³-hybridized carbons (Fsp3) is 0.533.